The van der Waals surface area contributed by atoms with Gasteiger partial charge in [0.1, 0.15) is 0 Å². The van der Waals surface area contributed by atoms with Gasteiger partial charge in [-0.1, -0.05) is 23.7 Å². The number of halogens is 4. The van der Waals surface area contributed by atoms with Gasteiger partial charge >= 0.3 is 6.18 Å². The van der Waals surface area contributed by atoms with Gasteiger partial charge in [0, 0.05) is 45.4 Å². The van der Waals surface area contributed by atoms with Crippen LogP contribution in [0.25, 0.3) is 0 Å². The molecule has 1 aliphatic rings. The van der Waals surface area contributed by atoms with Crippen LogP contribution >= 0.6 is 11.6 Å². The average molecular weight is 495 g/mol. The van der Waals surface area contributed by atoms with Crippen LogP contribution in [0.2, 0.25) is 5.02 Å². The van der Waals surface area contributed by atoms with E-state index in [1.165, 1.54) is 4.90 Å². The lowest BCUT2D eigenvalue weighted by molar-refractivity contribution is -0.137. The Morgan fingerprint density at radius 2 is 1.88 bits per heavy atom. The summed E-state index contributed by atoms with van der Waals surface area (Å²) >= 11 is 5.57. The second-order valence-electron chi connectivity index (χ2n) is 7.28. The van der Waals surface area contributed by atoms with Crippen LogP contribution in [-0.4, -0.2) is 59.8 Å². The molecule has 1 aromatic heterocycles. The lowest BCUT2D eigenvalue weighted by Gasteiger charge is -2.34. The number of amides is 1. The second kappa shape index (κ2) is 9.75. The van der Waals surface area contributed by atoms with E-state index in [0.29, 0.717) is 24.2 Å². The standard InChI is InChI=1S/C19H22ClF3N4O4S/c1-2-3-16-24-17(31-25-16)6-7-18(28)26-8-10-27(11-9-26)32(29,30)13-4-5-15(20)14(12-13)19(21,22)23/h4-5,12H,2-3,6-11H2,1H3. The maximum Gasteiger partial charge on any atom is 0.417 e. The molecular weight excluding hydrogens is 473 g/mol. The van der Waals surface area contributed by atoms with Gasteiger partial charge < -0.3 is 9.42 Å². The average Bonchev–Trinajstić information content (AvgIpc) is 3.19. The van der Waals surface area contributed by atoms with Crippen molar-refractivity contribution in [3.8, 4) is 0 Å². The van der Waals surface area contributed by atoms with Gasteiger partial charge in [-0.25, -0.2) is 8.42 Å². The summed E-state index contributed by atoms with van der Waals surface area (Å²) in [6, 6.07) is 2.49. The molecule has 13 heteroatoms. The summed E-state index contributed by atoms with van der Waals surface area (Å²) in [4.78, 5) is 17.7. The molecule has 32 heavy (non-hydrogen) atoms. The largest absolute Gasteiger partial charge is 0.417 e. The fourth-order valence-corrected chi connectivity index (χ4v) is 4.97. The van der Waals surface area contributed by atoms with E-state index in [-0.39, 0.29) is 44.9 Å². The smallest absolute Gasteiger partial charge is 0.340 e. The molecule has 0 spiro atoms. The van der Waals surface area contributed by atoms with Crippen LogP contribution in [0, 0.1) is 0 Å². The molecule has 1 saturated heterocycles. The monoisotopic (exact) mass is 494 g/mol. The third kappa shape index (κ3) is 5.59. The van der Waals surface area contributed by atoms with E-state index in [0.717, 1.165) is 22.9 Å². The van der Waals surface area contributed by atoms with Crippen molar-refractivity contribution in [2.24, 2.45) is 0 Å². The van der Waals surface area contributed by atoms with Gasteiger partial charge in [0.05, 0.1) is 15.5 Å². The summed E-state index contributed by atoms with van der Waals surface area (Å²) < 4.78 is 71.0. The Morgan fingerprint density at radius 1 is 1.19 bits per heavy atom. The molecule has 1 amide bonds. The number of benzene rings is 1. The Kier molecular flexibility index (Phi) is 7.46. The zero-order valence-electron chi connectivity index (χ0n) is 17.2. The minimum atomic E-state index is -4.77. The van der Waals surface area contributed by atoms with Crippen LogP contribution in [0.5, 0.6) is 0 Å². The number of aryl methyl sites for hydroxylation is 2. The van der Waals surface area contributed by atoms with Gasteiger partial charge in [-0.3, -0.25) is 4.79 Å². The molecule has 176 valence electrons. The number of carbonyl (C=O) groups is 1. The number of sulfonamides is 1. The fourth-order valence-electron chi connectivity index (χ4n) is 3.30. The summed E-state index contributed by atoms with van der Waals surface area (Å²) in [7, 11) is -4.17. The second-order valence-corrected chi connectivity index (χ2v) is 9.62. The van der Waals surface area contributed by atoms with Crippen molar-refractivity contribution in [1.82, 2.24) is 19.3 Å². The summed E-state index contributed by atoms with van der Waals surface area (Å²) in [5, 5.41) is 3.25. The van der Waals surface area contributed by atoms with E-state index < -0.39 is 31.7 Å². The highest BCUT2D eigenvalue weighted by Crippen LogP contribution is 2.36. The summed E-state index contributed by atoms with van der Waals surface area (Å²) in [6.07, 6.45) is -2.81. The quantitative estimate of drug-likeness (QED) is 0.586. The Morgan fingerprint density at radius 3 is 2.50 bits per heavy atom. The molecular formula is C19H22ClF3N4O4S. The van der Waals surface area contributed by atoms with Crippen molar-refractivity contribution in [3.05, 3.63) is 40.5 Å². The van der Waals surface area contributed by atoms with Gasteiger partial charge in [-0.05, 0) is 24.6 Å². The molecule has 8 nitrogen and oxygen atoms in total. The van der Waals surface area contributed by atoms with E-state index in [9.17, 15) is 26.4 Å². The topological polar surface area (TPSA) is 96.6 Å². The number of aromatic nitrogens is 2. The number of piperazine rings is 1. The van der Waals surface area contributed by atoms with Crippen LogP contribution in [-0.2, 0) is 33.8 Å². The number of hydrogen-bond acceptors (Lipinski definition) is 6. The Labute approximate surface area is 188 Å². The molecule has 1 fully saturated rings. The normalized spacial score (nSPS) is 15.8. The molecule has 0 aliphatic carbocycles. The maximum atomic E-state index is 13.1. The summed E-state index contributed by atoms with van der Waals surface area (Å²) in [5.74, 6) is 0.763. The van der Waals surface area contributed by atoms with E-state index >= 15 is 0 Å². The summed E-state index contributed by atoms with van der Waals surface area (Å²) in [6.45, 7) is 2.19. The van der Waals surface area contributed by atoms with E-state index in [4.69, 9.17) is 16.1 Å². The predicted octanol–water partition coefficient (Wildman–Crippen LogP) is 3.16. The number of alkyl halides is 3. The Balaban J connectivity index is 1.59. The van der Waals surface area contributed by atoms with Crippen molar-refractivity contribution in [2.75, 3.05) is 26.2 Å². The van der Waals surface area contributed by atoms with Crippen LogP contribution < -0.4 is 0 Å². The first-order valence-corrected chi connectivity index (χ1v) is 11.8. The van der Waals surface area contributed by atoms with Crippen molar-refractivity contribution in [2.45, 2.75) is 43.7 Å². The predicted molar refractivity (Wildman–Crippen MR) is 108 cm³/mol. The van der Waals surface area contributed by atoms with Gasteiger partial charge in [0.2, 0.25) is 21.8 Å². The molecule has 3 rings (SSSR count). The van der Waals surface area contributed by atoms with Gasteiger partial charge in [-0.15, -0.1) is 0 Å². The van der Waals surface area contributed by atoms with Gasteiger partial charge in [-0.2, -0.15) is 22.5 Å². The summed E-state index contributed by atoms with van der Waals surface area (Å²) in [5.41, 5.74) is -1.21. The number of nitrogens with zero attached hydrogens (tertiary/aromatic N) is 4. The van der Waals surface area contributed by atoms with Crippen LogP contribution in [0.1, 0.15) is 37.0 Å². The molecule has 0 radical (unpaired) electrons. The van der Waals surface area contributed by atoms with Gasteiger partial charge in [0.25, 0.3) is 0 Å². The molecule has 2 aromatic rings. The Bertz CT molecular complexity index is 1070. The molecule has 0 atom stereocenters. The highest BCUT2D eigenvalue weighted by molar-refractivity contribution is 7.89. The molecule has 0 bridgehead atoms. The van der Waals surface area contributed by atoms with Crippen molar-refractivity contribution in [3.63, 3.8) is 0 Å². The minimum absolute atomic E-state index is 0.0285. The lowest BCUT2D eigenvalue weighted by Crippen LogP contribution is -2.50. The SMILES string of the molecule is CCCc1noc(CCC(=O)N2CCN(S(=O)(=O)c3ccc(Cl)c(C(F)(F)F)c3)CC2)n1. The molecule has 0 unspecified atom stereocenters. The minimum Gasteiger partial charge on any atom is -0.340 e. The molecule has 1 aromatic carbocycles. The van der Waals surface area contributed by atoms with Crippen LogP contribution in [0.3, 0.4) is 0 Å². The van der Waals surface area contributed by atoms with Crippen molar-refractivity contribution < 1.29 is 30.9 Å². The molecule has 1 aliphatic heterocycles. The van der Waals surface area contributed by atoms with E-state index in [2.05, 4.69) is 10.1 Å². The molecule has 0 N–H and O–H groups in total. The third-order valence-corrected chi connectivity index (χ3v) is 7.23. The van der Waals surface area contributed by atoms with Crippen LogP contribution in [0.15, 0.2) is 27.6 Å². The van der Waals surface area contributed by atoms with Crippen molar-refractivity contribution in [1.29, 1.82) is 0 Å². The van der Waals surface area contributed by atoms with Crippen LogP contribution in [0.4, 0.5) is 13.2 Å². The van der Waals surface area contributed by atoms with Gasteiger partial charge in [0.15, 0.2) is 5.82 Å². The lowest BCUT2D eigenvalue weighted by atomic mass is 10.2. The number of hydrogen-bond donors (Lipinski definition) is 0. The Hall–Kier alpha value is -2.18. The van der Waals surface area contributed by atoms with E-state index in [1.54, 1.807) is 0 Å². The fraction of sp³-hybridized carbons (Fsp3) is 0.526. The molecule has 2 heterocycles. The maximum absolute atomic E-state index is 13.1. The zero-order chi connectivity index (χ0) is 23.5. The zero-order valence-corrected chi connectivity index (χ0v) is 18.8. The third-order valence-electron chi connectivity index (χ3n) is 5.01. The first kappa shape index (κ1) is 24.5. The number of rotatable bonds is 7. The highest BCUT2D eigenvalue weighted by atomic mass is 35.5. The number of carbonyl (C=O) groups excluding carboxylic acids is 1. The highest BCUT2D eigenvalue weighted by Gasteiger charge is 2.36. The first-order valence-electron chi connectivity index (χ1n) is 9.98. The van der Waals surface area contributed by atoms with Crippen molar-refractivity contribution >= 4 is 27.5 Å². The van der Waals surface area contributed by atoms with E-state index in [1.807, 2.05) is 6.92 Å². The first-order chi connectivity index (χ1) is 15.0. The molecule has 0 saturated carbocycles.